The molecule has 8 nitrogen and oxygen atoms in total. The minimum Gasteiger partial charge on any atom is -0.339 e. The van der Waals surface area contributed by atoms with Gasteiger partial charge in [-0.25, -0.2) is 4.68 Å². The number of carbonyl (C=O) groups is 1. The van der Waals surface area contributed by atoms with Crippen molar-refractivity contribution in [1.82, 2.24) is 19.9 Å². The van der Waals surface area contributed by atoms with Crippen molar-refractivity contribution in [2.75, 3.05) is 5.32 Å². The fraction of sp³-hybridized carbons (Fsp3) is 0.190. The van der Waals surface area contributed by atoms with Crippen molar-refractivity contribution in [2.45, 2.75) is 26.8 Å². The fourth-order valence-electron chi connectivity index (χ4n) is 3.10. The normalized spacial score (nSPS) is 11.2. The van der Waals surface area contributed by atoms with E-state index in [0.717, 1.165) is 0 Å². The van der Waals surface area contributed by atoms with Crippen molar-refractivity contribution in [2.24, 2.45) is 0 Å². The molecule has 4 aromatic rings. The van der Waals surface area contributed by atoms with E-state index in [1.807, 2.05) is 19.9 Å². The number of aryl methyl sites for hydroxylation is 1. The zero-order valence-electron chi connectivity index (χ0n) is 16.2. The van der Waals surface area contributed by atoms with Crippen LogP contribution in [-0.2, 0) is 0 Å². The number of carbonyl (C=O) groups excluding carboxylic acids is 1. The van der Waals surface area contributed by atoms with Crippen molar-refractivity contribution in [3.63, 3.8) is 0 Å². The standard InChI is InChI=1S/C21H19N5O3/c1-12(2)26-21(28)15-9-5-4-8-14(15)18(24-26)20(27)23-17-11-7-6-10-16(17)19-22-13(3)29-25-19/h4-12H,1-3H3,(H,23,27). The number of rotatable bonds is 4. The predicted octanol–water partition coefficient (Wildman–Crippen LogP) is 3.59. The third kappa shape index (κ3) is 3.40. The summed E-state index contributed by atoms with van der Waals surface area (Å²) >= 11 is 0. The van der Waals surface area contributed by atoms with Crippen LogP contribution in [0.4, 0.5) is 5.69 Å². The number of aromatic nitrogens is 4. The molecule has 0 radical (unpaired) electrons. The van der Waals surface area contributed by atoms with E-state index >= 15 is 0 Å². The Kier molecular flexibility index (Phi) is 4.67. The SMILES string of the molecule is Cc1nc(-c2ccccc2NC(=O)c2nn(C(C)C)c(=O)c3ccccc23)no1. The summed E-state index contributed by atoms with van der Waals surface area (Å²) in [6.07, 6.45) is 0. The highest BCUT2D eigenvalue weighted by atomic mass is 16.5. The first-order valence-electron chi connectivity index (χ1n) is 9.18. The summed E-state index contributed by atoms with van der Waals surface area (Å²) < 4.78 is 6.38. The molecule has 0 fully saturated rings. The van der Waals surface area contributed by atoms with Gasteiger partial charge >= 0.3 is 0 Å². The molecule has 0 spiro atoms. The Morgan fingerprint density at radius 1 is 1.07 bits per heavy atom. The van der Waals surface area contributed by atoms with E-state index in [1.165, 1.54) is 4.68 Å². The molecular formula is C21H19N5O3. The molecule has 0 atom stereocenters. The largest absolute Gasteiger partial charge is 0.339 e. The van der Waals surface area contributed by atoms with Gasteiger partial charge in [0.05, 0.1) is 17.1 Å². The van der Waals surface area contributed by atoms with Crippen LogP contribution >= 0.6 is 0 Å². The third-order valence-electron chi connectivity index (χ3n) is 4.48. The van der Waals surface area contributed by atoms with Crippen molar-refractivity contribution in [3.8, 4) is 11.4 Å². The van der Waals surface area contributed by atoms with E-state index in [1.54, 1.807) is 49.4 Å². The minimum absolute atomic E-state index is 0.174. The van der Waals surface area contributed by atoms with E-state index in [0.29, 0.717) is 33.7 Å². The first kappa shape index (κ1) is 18.5. The average Bonchev–Trinajstić information content (AvgIpc) is 3.14. The number of benzene rings is 2. The fourth-order valence-corrected chi connectivity index (χ4v) is 3.10. The maximum atomic E-state index is 13.1. The summed E-state index contributed by atoms with van der Waals surface area (Å²) in [6.45, 7) is 5.39. The second-order valence-corrected chi connectivity index (χ2v) is 6.87. The quantitative estimate of drug-likeness (QED) is 0.572. The van der Waals surface area contributed by atoms with Gasteiger partial charge in [0.15, 0.2) is 5.69 Å². The van der Waals surface area contributed by atoms with Crippen LogP contribution in [0.25, 0.3) is 22.2 Å². The van der Waals surface area contributed by atoms with E-state index in [2.05, 4.69) is 20.6 Å². The number of fused-ring (bicyclic) bond motifs is 1. The van der Waals surface area contributed by atoms with Crippen LogP contribution in [0.1, 0.15) is 36.3 Å². The topological polar surface area (TPSA) is 103 Å². The van der Waals surface area contributed by atoms with Crippen LogP contribution in [0.3, 0.4) is 0 Å². The number of hydrogen-bond acceptors (Lipinski definition) is 6. The van der Waals surface area contributed by atoms with Gasteiger partial charge in [-0.2, -0.15) is 10.1 Å². The molecule has 0 aliphatic heterocycles. The first-order chi connectivity index (χ1) is 14.0. The Morgan fingerprint density at radius 3 is 2.45 bits per heavy atom. The summed E-state index contributed by atoms with van der Waals surface area (Å²) in [5.74, 6) is 0.379. The van der Waals surface area contributed by atoms with Crippen molar-refractivity contribution in [1.29, 1.82) is 0 Å². The van der Waals surface area contributed by atoms with E-state index in [4.69, 9.17) is 4.52 Å². The highest BCUT2D eigenvalue weighted by Gasteiger charge is 2.20. The zero-order chi connectivity index (χ0) is 20.5. The molecule has 8 heteroatoms. The lowest BCUT2D eigenvalue weighted by Crippen LogP contribution is -2.29. The summed E-state index contributed by atoms with van der Waals surface area (Å²) in [4.78, 5) is 30.1. The van der Waals surface area contributed by atoms with Crippen LogP contribution in [0.2, 0.25) is 0 Å². The van der Waals surface area contributed by atoms with Gasteiger partial charge in [0.2, 0.25) is 11.7 Å². The minimum atomic E-state index is -0.428. The Bertz CT molecular complexity index is 1270. The van der Waals surface area contributed by atoms with Crippen LogP contribution in [0, 0.1) is 6.92 Å². The lowest BCUT2D eigenvalue weighted by molar-refractivity contribution is 0.102. The molecule has 1 N–H and O–H groups in total. The highest BCUT2D eigenvalue weighted by molar-refractivity contribution is 6.12. The molecule has 146 valence electrons. The molecular weight excluding hydrogens is 370 g/mol. The van der Waals surface area contributed by atoms with Gasteiger partial charge in [-0.1, -0.05) is 35.5 Å². The zero-order valence-corrected chi connectivity index (χ0v) is 16.2. The number of nitrogens with one attached hydrogen (secondary N) is 1. The maximum Gasteiger partial charge on any atom is 0.276 e. The second-order valence-electron chi connectivity index (χ2n) is 6.87. The van der Waals surface area contributed by atoms with Gasteiger partial charge in [-0.3, -0.25) is 9.59 Å². The van der Waals surface area contributed by atoms with Crippen molar-refractivity contribution in [3.05, 3.63) is 70.5 Å². The Morgan fingerprint density at radius 2 is 1.76 bits per heavy atom. The van der Waals surface area contributed by atoms with Crippen LogP contribution in [-0.4, -0.2) is 25.8 Å². The van der Waals surface area contributed by atoms with Gasteiger partial charge in [0.25, 0.3) is 11.5 Å². The monoisotopic (exact) mass is 389 g/mol. The van der Waals surface area contributed by atoms with Gasteiger partial charge in [0, 0.05) is 17.9 Å². The molecule has 2 aromatic heterocycles. The van der Waals surface area contributed by atoms with Crippen molar-refractivity contribution >= 4 is 22.4 Å². The Hall–Kier alpha value is -3.81. The molecule has 0 aliphatic carbocycles. The second kappa shape index (κ2) is 7.31. The number of para-hydroxylation sites is 1. The molecule has 2 heterocycles. The maximum absolute atomic E-state index is 13.1. The summed E-state index contributed by atoms with van der Waals surface area (Å²) in [5.41, 5.74) is 1.09. The average molecular weight is 389 g/mol. The first-order valence-corrected chi connectivity index (χ1v) is 9.18. The Labute approximate surface area is 166 Å². The molecule has 0 unspecified atom stereocenters. The number of nitrogens with zero attached hydrogens (tertiary/aromatic N) is 4. The Balaban J connectivity index is 1.80. The molecule has 0 saturated carbocycles. The van der Waals surface area contributed by atoms with E-state index in [-0.39, 0.29) is 17.3 Å². The molecule has 0 saturated heterocycles. The van der Waals surface area contributed by atoms with Crippen LogP contribution in [0.15, 0.2) is 57.8 Å². The lowest BCUT2D eigenvalue weighted by atomic mass is 10.1. The smallest absolute Gasteiger partial charge is 0.276 e. The lowest BCUT2D eigenvalue weighted by Gasteiger charge is -2.14. The van der Waals surface area contributed by atoms with Gasteiger partial charge in [-0.05, 0) is 32.0 Å². The number of amides is 1. The van der Waals surface area contributed by atoms with Crippen molar-refractivity contribution < 1.29 is 9.32 Å². The molecule has 4 rings (SSSR count). The van der Waals surface area contributed by atoms with Gasteiger partial charge in [-0.15, -0.1) is 0 Å². The van der Waals surface area contributed by atoms with E-state index < -0.39 is 5.91 Å². The summed E-state index contributed by atoms with van der Waals surface area (Å²) in [5, 5.41) is 12.1. The molecule has 1 amide bonds. The molecule has 29 heavy (non-hydrogen) atoms. The van der Waals surface area contributed by atoms with Crippen LogP contribution in [0.5, 0.6) is 0 Å². The van der Waals surface area contributed by atoms with E-state index in [9.17, 15) is 9.59 Å². The molecule has 0 bridgehead atoms. The predicted molar refractivity (Wildman–Crippen MR) is 109 cm³/mol. The third-order valence-corrected chi connectivity index (χ3v) is 4.48. The van der Waals surface area contributed by atoms with Gasteiger partial charge in [0.1, 0.15) is 0 Å². The molecule has 0 aliphatic rings. The molecule has 2 aromatic carbocycles. The number of anilines is 1. The summed E-state index contributed by atoms with van der Waals surface area (Å²) in [7, 11) is 0. The number of hydrogen-bond donors (Lipinski definition) is 1. The van der Waals surface area contributed by atoms with Crippen LogP contribution < -0.4 is 10.9 Å². The van der Waals surface area contributed by atoms with Gasteiger partial charge < -0.3 is 9.84 Å². The summed E-state index contributed by atoms with van der Waals surface area (Å²) in [6, 6.07) is 13.9. The highest BCUT2D eigenvalue weighted by Crippen LogP contribution is 2.26.